The highest BCUT2D eigenvalue weighted by molar-refractivity contribution is 5.89. The third-order valence-corrected chi connectivity index (χ3v) is 3.15. The number of carbonyl (C=O) groups excluding carboxylic acids is 1. The molecule has 2 atom stereocenters. The Labute approximate surface area is 107 Å². The molecule has 2 rings (SSSR count). The minimum Gasteiger partial charge on any atom is -0.391 e. The molecule has 1 aliphatic heterocycles. The van der Waals surface area contributed by atoms with E-state index in [9.17, 15) is 9.90 Å². The largest absolute Gasteiger partial charge is 0.391 e. The average molecular weight is 249 g/mol. The quantitative estimate of drug-likeness (QED) is 0.639. The topological polar surface area (TPSA) is 73.4 Å². The lowest BCUT2D eigenvalue weighted by atomic mass is 9.95. The first-order valence-electron chi connectivity index (χ1n) is 6.24. The number of aliphatic hydroxyl groups excluding tert-OH is 1. The third-order valence-electron chi connectivity index (χ3n) is 3.15. The fraction of sp³-hybridized carbons (Fsp3) is 0.462. The van der Waals surface area contributed by atoms with Crippen LogP contribution in [-0.2, 0) is 0 Å². The highest BCUT2D eigenvalue weighted by Crippen LogP contribution is 2.11. The summed E-state index contributed by atoms with van der Waals surface area (Å²) in [5.74, 6) is 0.132. The first kappa shape index (κ1) is 12.9. The number of nitrogens with one attached hydrogen (secondary N) is 3. The Bertz CT molecular complexity index is 383. The van der Waals surface area contributed by atoms with Gasteiger partial charge in [-0.2, -0.15) is 0 Å². The summed E-state index contributed by atoms with van der Waals surface area (Å²) >= 11 is 0. The Morgan fingerprint density at radius 3 is 2.89 bits per heavy atom. The van der Waals surface area contributed by atoms with Crippen molar-refractivity contribution in [2.45, 2.75) is 12.5 Å². The number of aliphatic hydroxyl groups is 1. The Morgan fingerprint density at radius 2 is 2.17 bits per heavy atom. The molecule has 0 aromatic heterocycles. The number of rotatable bonds is 3. The summed E-state index contributed by atoms with van der Waals surface area (Å²) in [5, 5.41) is 18.4. The molecular weight excluding hydrogens is 230 g/mol. The summed E-state index contributed by atoms with van der Waals surface area (Å²) in [6.07, 6.45) is 0.503. The van der Waals surface area contributed by atoms with E-state index in [1.165, 1.54) is 0 Å². The summed E-state index contributed by atoms with van der Waals surface area (Å²) in [6, 6.07) is 9.07. The highest BCUT2D eigenvalue weighted by Gasteiger charge is 2.22. The number of carbonyl (C=O) groups is 1. The zero-order chi connectivity index (χ0) is 12.8. The lowest BCUT2D eigenvalue weighted by Gasteiger charge is -2.28. The number of piperidine rings is 1. The van der Waals surface area contributed by atoms with Crippen molar-refractivity contribution in [2.75, 3.05) is 25.0 Å². The van der Waals surface area contributed by atoms with Crippen molar-refractivity contribution in [1.29, 1.82) is 0 Å². The number of urea groups is 1. The van der Waals surface area contributed by atoms with Crippen molar-refractivity contribution < 1.29 is 9.90 Å². The van der Waals surface area contributed by atoms with E-state index in [4.69, 9.17) is 0 Å². The van der Waals surface area contributed by atoms with Crippen LogP contribution in [0.25, 0.3) is 0 Å². The molecule has 1 aromatic rings. The molecule has 98 valence electrons. The second kappa shape index (κ2) is 6.37. The Balaban J connectivity index is 1.74. The van der Waals surface area contributed by atoms with Crippen LogP contribution in [0.2, 0.25) is 0 Å². The zero-order valence-electron chi connectivity index (χ0n) is 10.2. The molecule has 0 aliphatic carbocycles. The van der Waals surface area contributed by atoms with Gasteiger partial charge in [0.15, 0.2) is 0 Å². The maximum absolute atomic E-state index is 11.6. The fourth-order valence-electron chi connectivity index (χ4n) is 2.06. The van der Waals surface area contributed by atoms with Crippen molar-refractivity contribution in [3.63, 3.8) is 0 Å². The second-order valence-corrected chi connectivity index (χ2v) is 4.52. The molecule has 1 aromatic carbocycles. The smallest absolute Gasteiger partial charge is 0.319 e. The van der Waals surface area contributed by atoms with Crippen LogP contribution in [0.1, 0.15) is 6.42 Å². The van der Waals surface area contributed by atoms with E-state index in [-0.39, 0.29) is 18.1 Å². The molecule has 5 nitrogen and oxygen atoms in total. The van der Waals surface area contributed by atoms with E-state index in [2.05, 4.69) is 16.0 Å². The number of benzene rings is 1. The van der Waals surface area contributed by atoms with E-state index < -0.39 is 0 Å². The molecule has 0 saturated carbocycles. The van der Waals surface area contributed by atoms with Crippen molar-refractivity contribution in [2.24, 2.45) is 5.92 Å². The van der Waals surface area contributed by atoms with Gasteiger partial charge in [0.1, 0.15) is 0 Å². The number of anilines is 1. The van der Waals surface area contributed by atoms with E-state index in [1.54, 1.807) is 0 Å². The highest BCUT2D eigenvalue weighted by atomic mass is 16.3. The van der Waals surface area contributed by atoms with Crippen LogP contribution in [0.5, 0.6) is 0 Å². The van der Waals surface area contributed by atoms with E-state index in [0.717, 1.165) is 18.7 Å². The third kappa shape index (κ3) is 3.72. The van der Waals surface area contributed by atoms with Crippen LogP contribution < -0.4 is 16.0 Å². The molecule has 0 unspecified atom stereocenters. The monoisotopic (exact) mass is 249 g/mol. The maximum atomic E-state index is 11.6. The molecule has 1 fully saturated rings. The minimum absolute atomic E-state index is 0.132. The summed E-state index contributed by atoms with van der Waals surface area (Å²) < 4.78 is 0. The van der Waals surface area contributed by atoms with Crippen LogP contribution in [0.4, 0.5) is 10.5 Å². The maximum Gasteiger partial charge on any atom is 0.319 e. The molecule has 0 radical (unpaired) electrons. The Kier molecular flexibility index (Phi) is 4.55. The van der Waals surface area contributed by atoms with Crippen molar-refractivity contribution >= 4 is 11.7 Å². The van der Waals surface area contributed by atoms with Gasteiger partial charge in [0.05, 0.1) is 6.10 Å². The molecule has 4 N–H and O–H groups in total. The lowest BCUT2D eigenvalue weighted by Crippen LogP contribution is -2.46. The number of β-amino-alcohol motifs (C(OH)–C–C–N with tert-alkyl or cyclic N) is 1. The summed E-state index contributed by atoms with van der Waals surface area (Å²) in [6.45, 7) is 2.00. The molecule has 0 bridgehead atoms. The first-order chi connectivity index (χ1) is 8.75. The van der Waals surface area contributed by atoms with Gasteiger partial charge in [-0.15, -0.1) is 0 Å². The van der Waals surface area contributed by atoms with Crippen LogP contribution in [0.3, 0.4) is 0 Å². The standard InChI is InChI=1S/C13H19N3O2/c17-12-9-14-7-6-10(12)8-15-13(18)16-11-4-2-1-3-5-11/h1-5,10,12,14,17H,6-9H2,(H2,15,16,18)/t10-,12+/m0/s1. The summed E-state index contributed by atoms with van der Waals surface area (Å²) in [4.78, 5) is 11.6. The summed E-state index contributed by atoms with van der Waals surface area (Å²) in [7, 11) is 0. The van der Waals surface area contributed by atoms with Gasteiger partial charge in [0.25, 0.3) is 0 Å². The normalized spacial score (nSPS) is 23.4. The van der Waals surface area contributed by atoms with Gasteiger partial charge < -0.3 is 21.1 Å². The number of hydrogen-bond acceptors (Lipinski definition) is 3. The average Bonchev–Trinajstić information content (AvgIpc) is 2.39. The predicted octanol–water partition coefficient (Wildman–Crippen LogP) is 0.778. The Hall–Kier alpha value is -1.59. The van der Waals surface area contributed by atoms with Gasteiger partial charge in [-0.1, -0.05) is 18.2 Å². The van der Waals surface area contributed by atoms with Gasteiger partial charge in [-0.3, -0.25) is 0 Å². The van der Waals surface area contributed by atoms with Crippen LogP contribution in [0, 0.1) is 5.92 Å². The van der Waals surface area contributed by atoms with Gasteiger partial charge in [-0.25, -0.2) is 4.79 Å². The van der Waals surface area contributed by atoms with Gasteiger partial charge in [0.2, 0.25) is 0 Å². The summed E-state index contributed by atoms with van der Waals surface area (Å²) in [5.41, 5.74) is 0.765. The molecule has 0 spiro atoms. The molecule has 2 amide bonds. The van der Waals surface area contributed by atoms with E-state index >= 15 is 0 Å². The second-order valence-electron chi connectivity index (χ2n) is 4.52. The molecule has 1 saturated heterocycles. The van der Waals surface area contributed by atoms with Crippen molar-refractivity contribution in [3.05, 3.63) is 30.3 Å². The number of hydrogen-bond donors (Lipinski definition) is 4. The fourth-order valence-corrected chi connectivity index (χ4v) is 2.06. The van der Waals surface area contributed by atoms with Crippen molar-refractivity contribution in [3.8, 4) is 0 Å². The number of amides is 2. The van der Waals surface area contributed by atoms with Gasteiger partial charge in [-0.05, 0) is 25.1 Å². The Morgan fingerprint density at radius 1 is 1.39 bits per heavy atom. The van der Waals surface area contributed by atoms with E-state index in [1.807, 2.05) is 30.3 Å². The first-order valence-corrected chi connectivity index (χ1v) is 6.24. The molecule has 1 aliphatic rings. The van der Waals surface area contributed by atoms with E-state index in [0.29, 0.717) is 13.1 Å². The zero-order valence-corrected chi connectivity index (χ0v) is 10.2. The van der Waals surface area contributed by atoms with Crippen LogP contribution in [0.15, 0.2) is 30.3 Å². The molecular formula is C13H19N3O2. The van der Waals surface area contributed by atoms with Crippen molar-refractivity contribution in [1.82, 2.24) is 10.6 Å². The molecule has 1 heterocycles. The molecule has 18 heavy (non-hydrogen) atoms. The van der Waals surface area contributed by atoms with Crippen LogP contribution >= 0.6 is 0 Å². The minimum atomic E-state index is -0.379. The number of para-hydroxylation sites is 1. The lowest BCUT2D eigenvalue weighted by molar-refractivity contribution is 0.0830. The van der Waals surface area contributed by atoms with Gasteiger partial charge in [0, 0.05) is 24.7 Å². The molecule has 5 heteroatoms. The predicted molar refractivity (Wildman–Crippen MR) is 70.4 cm³/mol. The SMILES string of the molecule is O=C(NC[C@@H]1CCNC[C@H]1O)Nc1ccccc1. The van der Waals surface area contributed by atoms with Gasteiger partial charge >= 0.3 is 6.03 Å². The van der Waals surface area contributed by atoms with Crippen LogP contribution in [-0.4, -0.2) is 36.9 Å².